The molecule has 0 bridgehead atoms. The first-order chi connectivity index (χ1) is 14.8. The number of rotatable bonds is 8. The molecule has 5 nitrogen and oxygen atoms in total. The van der Waals surface area contributed by atoms with E-state index in [1.165, 1.54) is 22.3 Å². The number of hydrogen-bond donors (Lipinski definition) is 1. The molecule has 1 aromatic heterocycles. The molecular formula is C26H32N2O3. The molecule has 1 N–H and O–H groups in total. The van der Waals surface area contributed by atoms with Crippen molar-refractivity contribution in [2.45, 2.75) is 58.5 Å². The lowest BCUT2D eigenvalue weighted by molar-refractivity contribution is -0.145. The Balaban J connectivity index is 1.15. The van der Waals surface area contributed by atoms with Crippen molar-refractivity contribution < 1.29 is 14.6 Å². The van der Waals surface area contributed by atoms with Crippen molar-refractivity contribution in [1.29, 1.82) is 0 Å². The van der Waals surface area contributed by atoms with E-state index in [9.17, 15) is 9.90 Å². The third-order valence-electron chi connectivity index (χ3n) is 7.21. The van der Waals surface area contributed by atoms with E-state index in [4.69, 9.17) is 4.74 Å². The van der Waals surface area contributed by atoms with Crippen LogP contribution in [0.4, 0.5) is 0 Å². The van der Waals surface area contributed by atoms with Gasteiger partial charge in [-0.2, -0.15) is 0 Å². The average Bonchev–Trinajstić information content (AvgIpc) is 3.39. The van der Waals surface area contributed by atoms with E-state index in [0.717, 1.165) is 58.2 Å². The summed E-state index contributed by atoms with van der Waals surface area (Å²) in [5.41, 5.74) is 5.50. The standard InChI is InChI=1S/C26H32N2O3/c1-18(2)31-23-8-6-20(14-27-23)4-3-19-5-7-21-12-25(13-22(21)11-19)15-28(16-25)17-26(9-10-26)24(29)30/h5-8,11,14,18H,3-4,9-10,12-13,15-17H2,1-2H3,(H,29,30). The number of aryl methyl sites for hydroxylation is 2. The van der Waals surface area contributed by atoms with Gasteiger partial charge in [0.25, 0.3) is 0 Å². The topological polar surface area (TPSA) is 62.7 Å². The van der Waals surface area contributed by atoms with Crippen molar-refractivity contribution in [2.24, 2.45) is 10.8 Å². The van der Waals surface area contributed by atoms with E-state index < -0.39 is 11.4 Å². The van der Waals surface area contributed by atoms with Gasteiger partial charge < -0.3 is 14.7 Å². The normalized spacial score (nSPS) is 20.5. The third-order valence-corrected chi connectivity index (χ3v) is 7.21. The summed E-state index contributed by atoms with van der Waals surface area (Å²) >= 11 is 0. The molecule has 0 atom stereocenters. The number of nitrogens with zero attached hydrogens (tertiary/aromatic N) is 2. The monoisotopic (exact) mass is 420 g/mol. The SMILES string of the molecule is CC(C)Oc1ccc(CCc2ccc3c(c2)CC2(C3)CN(CC3(C(=O)O)CC3)C2)cn1. The van der Waals surface area contributed by atoms with Gasteiger partial charge in [0.15, 0.2) is 0 Å². The molecular weight excluding hydrogens is 388 g/mol. The zero-order valence-electron chi connectivity index (χ0n) is 18.6. The van der Waals surface area contributed by atoms with Crippen LogP contribution in [0.25, 0.3) is 0 Å². The molecule has 164 valence electrons. The Labute approximate surface area is 184 Å². The summed E-state index contributed by atoms with van der Waals surface area (Å²) in [5, 5.41) is 9.45. The number of carbonyl (C=O) groups is 1. The number of carboxylic acids is 1. The van der Waals surface area contributed by atoms with Gasteiger partial charge >= 0.3 is 5.97 Å². The molecule has 0 unspecified atom stereocenters. The summed E-state index contributed by atoms with van der Waals surface area (Å²) in [6, 6.07) is 11.1. The van der Waals surface area contributed by atoms with Gasteiger partial charge in [0.2, 0.25) is 5.88 Å². The maximum Gasteiger partial charge on any atom is 0.310 e. The van der Waals surface area contributed by atoms with E-state index in [2.05, 4.69) is 34.1 Å². The molecule has 0 radical (unpaired) electrons. The molecule has 1 spiro atoms. The van der Waals surface area contributed by atoms with E-state index in [0.29, 0.717) is 11.3 Å². The molecule has 1 aromatic carbocycles. The van der Waals surface area contributed by atoms with E-state index in [1.807, 2.05) is 26.1 Å². The van der Waals surface area contributed by atoms with Crippen molar-refractivity contribution in [2.75, 3.05) is 19.6 Å². The van der Waals surface area contributed by atoms with E-state index in [-0.39, 0.29) is 6.10 Å². The van der Waals surface area contributed by atoms with Gasteiger partial charge in [-0.3, -0.25) is 4.79 Å². The zero-order valence-corrected chi connectivity index (χ0v) is 18.6. The van der Waals surface area contributed by atoms with Crippen LogP contribution >= 0.6 is 0 Å². The Hall–Kier alpha value is -2.40. The highest BCUT2D eigenvalue weighted by molar-refractivity contribution is 5.78. The first-order valence-corrected chi connectivity index (χ1v) is 11.5. The summed E-state index contributed by atoms with van der Waals surface area (Å²) < 4.78 is 5.62. The van der Waals surface area contributed by atoms with Crippen LogP contribution < -0.4 is 4.74 Å². The summed E-state index contributed by atoms with van der Waals surface area (Å²) in [4.78, 5) is 18.3. The summed E-state index contributed by atoms with van der Waals surface area (Å²) in [5.74, 6) is 0.0807. The van der Waals surface area contributed by atoms with Crippen LogP contribution in [0.15, 0.2) is 36.5 Å². The molecule has 31 heavy (non-hydrogen) atoms. The van der Waals surface area contributed by atoms with Gasteiger partial charge in [-0.15, -0.1) is 0 Å². The second-order valence-corrected chi connectivity index (χ2v) is 10.4. The number of hydrogen-bond acceptors (Lipinski definition) is 4. The summed E-state index contributed by atoms with van der Waals surface area (Å²) in [6.45, 7) is 6.84. The number of fused-ring (bicyclic) bond motifs is 1. The van der Waals surface area contributed by atoms with Crippen LogP contribution in [-0.2, 0) is 30.5 Å². The van der Waals surface area contributed by atoms with Crippen molar-refractivity contribution in [3.05, 3.63) is 58.8 Å². The lowest BCUT2D eigenvalue weighted by atomic mass is 9.76. The highest BCUT2D eigenvalue weighted by atomic mass is 16.5. The first-order valence-electron chi connectivity index (χ1n) is 11.5. The first kappa shape index (κ1) is 20.5. The predicted octanol–water partition coefficient (Wildman–Crippen LogP) is 3.92. The molecule has 5 rings (SSSR count). The minimum absolute atomic E-state index is 0.141. The van der Waals surface area contributed by atoms with Crippen LogP contribution in [0.5, 0.6) is 5.88 Å². The zero-order chi connectivity index (χ0) is 21.6. The lowest BCUT2D eigenvalue weighted by Gasteiger charge is -2.49. The number of benzene rings is 1. The molecule has 2 aliphatic carbocycles. The van der Waals surface area contributed by atoms with Gasteiger partial charge in [0.1, 0.15) is 0 Å². The Kier molecular flexibility index (Phi) is 5.04. The molecule has 1 aliphatic heterocycles. The minimum atomic E-state index is -0.606. The number of carboxylic acid groups (broad SMARTS) is 1. The molecule has 1 saturated carbocycles. The van der Waals surface area contributed by atoms with Crippen molar-refractivity contribution in [3.63, 3.8) is 0 Å². The fourth-order valence-electron chi connectivity index (χ4n) is 5.46. The Bertz CT molecular complexity index is 973. The second-order valence-electron chi connectivity index (χ2n) is 10.4. The third kappa shape index (κ3) is 4.20. The number of aromatic nitrogens is 1. The molecule has 3 aliphatic rings. The Morgan fingerprint density at radius 1 is 1.10 bits per heavy atom. The predicted molar refractivity (Wildman–Crippen MR) is 119 cm³/mol. The fraction of sp³-hybridized carbons (Fsp3) is 0.538. The molecule has 2 fully saturated rings. The number of ether oxygens (including phenoxy) is 1. The van der Waals surface area contributed by atoms with Gasteiger partial charge in [-0.1, -0.05) is 24.3 Å². The van der Waals surface area contributed by atoms with E-state index >= 15 is 0 Å². The number of aliphatic carboxylic acids is 1. The van der Waals surface area contributed by atoms with Crippen LogP contribution in [0, 0.1) is 10.8 Å². The maximum atomic E-state index is 11.5. The summed E-state index contributed by atoms with van der Waals surface area (Å²) in [6.07, 6.45) is 8.02. The van der Waals surface area contributed by atoms with E-state index in [1.54, 1.807) is 0 Å². The average molecular weight is 421 g/mol. The van der Waals surface area contributed by atoms with Gasteiger partial charge in [-0.25, -0.2) is 4.98 Å². The minimum Gasteiger partial charge on any atom is -0.481 e. The molecule has 2 heterocycles. The van der Waals surface area contributed by atoms with Crippen molar-refractivity contribution in [1.82, 2.24) is 9.88 Å². The van der Waals surface area contributed by atoms with Crippen LogP contribution in [0.2, 0.25) is 0 Å². The van der Waals surface area contributed by atoms with Crippen LogP contribution in [0.3, 0.4) is 0 Å². The fourth-order valence-corrected chi connectivity index (χ4v) is 5.46. The molecule has 1 saturated heterocycles. The Morgan fingerprint density at radius 2 is 1.81 bits per heavy atom. The highest BCUT2D eigenvalue weighted by Crippen LogP contribution is 2.50. The second kappa shape index (κ2) is 7.63. The number of likely N-dealkylation sites (tertiary alicyclic amines) is 1. The van der Waals surface area contributed by atoms with Crippen molar-refractivity contribution in [3.8, 4) is 5.88 Å². The van der Waals surface area contributed by atoms with Gasteiger partial charge in [0.05, 0.1) is 11.5 Å². The molecule has 5 heteroatoms. The van der Waals surface area contributed by atoms with Crippen LogP contribution in [-0.4, -0.2) is 46.7 Å². The smallest absolute Gasteiger partial charge is 0.310 e. The summed E-state index contributed by atoms with van der Waals surface area (Å²) in [7, 11) is 0. The lowest BCUT2D eigenvalue weighted by Crippen LogP contribution is -2.58. The van der Waals surface area contributed by atoms with Gasteiger partial charge in [0, 0.05) is 37.3 Å². The van der Waals surface area contributed by atoms with Gasteiger partial charge in [-0.05, 0) is 74.6 Å². The highest BCUT2D eigenvalue weighted by Gasteiger charge is 2.55. The number of pyridine rings is 1. The van der Waals surface area contributed by atoms with Crippen molar-refractivity contribution >= 4 is 5.97 Å². The van der Waals surface area contributed by atoms with Crippen LogP contribution in [0.1, 0.15) is 48.9 Å². The largest absolute Gasteiger partial charge is 0.481 e. The molecule has 0 amide bonds. The maximum absolute atomic E-state index is 11.5. The quantitative estimate of drug-likeness (QED) is 0.701. The Morgan fingerprint density at radius 3 is 2.45 bits per heavy atom. The molecule has 2 aromatic rings.